The molecule has 0 aliphatic carbocycles. The number of carbonyl (C=O) groups is 1. The van der Waals surface area contributed by atoms with Crippen molar-refractivity contribution in [1.29, 1.82) is 0 Å². The Balaban J connectivity index is 1.63. The first-order chi connectivity index (χ1) is 17.3. The summed E-state index contributed by atoms with van der Waals surface area (Å²) in [6.07, 6.45) is 0.984. The Bertz CT molecular complexity index is 1540. The smallest absolute Gasteiger partial charge is 0.343 e. The van der Waals surface area contributed by atoms with Crippen LogP contribution in [0.5, 0.6) is 0 Å². The maximum atomic E-state index is 13.6. The zero-order valence-electron chi connectivity index (χ0n) is 20.5. The molecule has 186 valence electrons. The number of aliphatic hydroxyl groups excluding tert-OH is 1. The molecule has 5 heterocycles. The Kier molecular flexibility index (Phi) is 5.07. The van der Waals surface area contributed by atoms with Gasteiger partial charge in [-0.3, -0.25) is 4.79 Å². The number of aromatic nitrogens is 2. The minimum Gasteiger partial charge on any atom is -0.458 e. The molecule has 9 nitrogen and oxygen atoms in total. The van der Waals surface area contributed by atoms with Crippen LogP contribution in [-0.4, -0.2) is 44.7 Å². The molecule has 0 fully saturated rings. The number of aliphatic imine (C=N–C) groups is 1. The Morgan fingerprint density at radius 2 is 2.03 bits per heavy atom. The van der Waals surface area contributed by atoms with Crippen LogP contribution >= 0.6 is 0 Å². The van der Waals surface area contributed by atoms with Crippen molar-refractivity contribution < 1.29 is 19.7 Å². The number of fused-ring (bicyclic) bond motifs is 5. The van der Waals surface area contributed by atoms with Crippen LogP contribution in [0.2, 0.25) is 0 Å². The molecule has 2 aromatic heterocycles. The first-order valence-electron chi connectivity index (χ1n) is 12.4. The van der Waals surface area contributed by atoms with Crippen molar-refractivity contribution in [3.8, 4) is 11.4 Å². The van der Waals surface area contributed by atoms with Gasteiger partial charge < -0.3 is 24.4 Å². The van der Waals surface area contributed by atoms with Crippen molar-refractivity contribution in [2.24, 2.45) is 10.9 Å². The van der Waals surface area contributed by atoms with E-state index in [1.165, 1.54) is 0 Å². The average Bonchev–Trinajstić information content (AvgIpc) is 3.24. The number of pyridine rings is 2. The van der Waals surface area contributed by atoms with Gasteiger partial charge in [-0.15, -0.1) is 0 Å². The summed E-state index contributed by atoms with van der Waals surface area (Å²) in [7, 11) is 0. The van der Waals surface area contributed by atoms with E-state index in [1.54, 1.807) is 17.6 Å². The fourth-order valence-corrected chi connectivity index (χ4v) is 5.56. The van der Waals surface area contributed by atoms with Gasteiger partial charge >= 0.3 is 5.97 Å². The fourth-order valence-electron chi connectivity index (χ4n) is 5.56. The fraction of sp³-hybridized carbons (Fsp3) is 0.407. The van der Waals surface area contributed by atoms with Crippen LogP contribution in [0.1, 0.15) is 50.3 Å². The summed E-state index contributed by atoms with van der Waals surface area (Å²) in [6.45, 7) is 6.57. The molecule has 0 bridgehead atoms. The third kappa shape index (κ3) is 3.02. The van der Waals surface area contributed by atoms with Crippen LogP contribution in [0.15, 0.2) is 34.1 Å². The van der Waals surface area contributed by atoms with Gasteiger partial charge in [-0.05, 0) is 37.0 Å². The van der Waals surface area contributed by atoms with Gasteiger partial charge in [0.05, 0.1) is 45.8 Å². The summed E-state index contributed by atoms with van der Waals surface area (Å²) in [6, 6.07) is 7.43. The van der Waals surface area contributed by atoms with Gasteiger partial charge in [-0.1, -0.05) is 26.8 Å². The summed E-state index contributed by atoms with van der Waals surface area (Å²) >= 11 is 0. The Morgan fingerprint density at radius 3 is 2.75 bits per heavy atom. The van der Waals surface area contributed by atoms with E-state index in [2.05, 4.69) is 18.7 Å². The second-order valence-corrected chi connectivity index (χ2v) is 10.1. The van der Waals surface area contributed by atoms with E-state index in [0.29, 0.717) is 47.4 Å². The topological polar surface area (TPSA) is 117 Å². The Labute approximate surface area is 207 Å². The minimum atomic E-state index is -1.87. The summed E-state index contributed by atoms with van der Waals surface area (Å²) in [5, 5.41) is 22.3. The van der Waals surface area contributed by atoms with Gasteiger partial charge in [0.15, 0.2) is 5.60 Å². The quantitative estimate of drug-likeness (QED) is 0.415. The molecule has 0 amide bonds. The van der Waals surface area contributed by atoms with Gasteiger partial charge in [0.25, 0.3) is 5.56 Å². The lowest BCUT2D eigenvalue weighted by molar-refractivity contribution is -0.172. The first kappa shape index (κ1) is 22.9. The SMILES string of the molecule is CC[C@@]1(O)C(=O)OCc2c1cc1n(c2=O)Cc2c-1nc1cccc3c1c2N(CCC(C)C)C(CO)=N3. The number of carbonyl (C=O) groups excluding carboxylic acids is 1. The maximum absolute atomic E-state index is 13.6. The molecule has 0 unspecified atom stereocenters. The second kappa shape index (κ2) is 7.97. The lowest BCUT2D eigenvalue weighted by atomic mass is 9.86. The highest BCUT2D eigenvalue weighted by atomic mass is 16.6. The Morgan fingerprint density at radius 1 is 1.22 bits per heavy atom. The lowest BCUT2D eigenvalue weighted by Gasteiger charge is -2.32. The number of cyclic esters (lactones) is 1. The second-order valence-electron chi connectivity index (χ2n) is 10.1. The van der Waals surface area contributed by atoms with Crippen LogP contribution in [0.3, 0.4) is 0 Å². The van der Waals surface area contributed by atoms with Crippen molar-refractivity contribution in [3.05, 3.63) is 51.3 Å². The van der Waals surface area contributed by atoms with Crippen LogP contribution < -0.4 is 10.5 Å². The molecular formula is C27H28N4O5. The molecule has 0 spiro atoms. The van der Waals surface area contributed by atoms with Crippen molar-refractivity contribution in [1.82, 2.24) is 9.55 Å². The van der Waals surface area contributed by atoms with Crippen LogP contribution in [-0.2, 0) is 28.3 Å². The third-order valence-corrected chi connectivity index (χ3v) is 7.57. The predicted octanol–water partition coefficient (Wildman–Crippen LogP) is 2.97. The normalized spacial score (nSPS) is 19.8. The van der Waals surface area contributed by atoms with E-state index in [4.69, 9.17) is 14.7 Å². The highest BCUT2D eigenvalue weighted by molar-refractivity contribution is 6.16. The summed E-state index contributed by atoms with van der Waals surface area (Å²) in [5.74, 6) is 0.268. The van der Waals surface area contributed by atoms with Crippen LogP contribution in [0.25, 0.3) is 22.3 Å². The molecule has 6 rings (SSSR count). The van der Waals surface area contributed by atoms with Gasteiger partial charge in [0.2, 0.25) is 0 Å². The number of amidine groups is 1. The van der Waals surface area contributed by atoms with E-state index in [9.17, 15) is 19.8 Å². The molecule has 9 heteroatoms. The molecule has 2 N–H and O–H groups in total. The summed E-state index contributed by atoms with van der Waals surface area (Å²) in [4.78, 5) is 37.9. The number of esters is 1. The zero-order valence-corrected chi connectivity index (χ0v) is 20.5. The highest BCUT2D eigenvalue weighted by Gasteiger charge is 2.45. The van der Waals surface area contributed by atoms with E-state index in [1.807, 2.05) is 18.2 Å². The van der Waals surface area contributed by atoms with Gasteiger partial charge in [-0.2, -0.15) is 0 Å². The molecule has 3 aliphatic rings. The molecule has 36 heavy (non-hydrogen) atoms. The lowest BCUT2D eigenvalue weighted by Crippen LogP contribution is -2.44. The highest BCUT2D eigenvalue weighted by Crippen LogP contribution is 2.47. The number of anilines is 1. The van der Waals surface area contributed by atoms with Crippen LogP contribution in [0.4, 0.5) is 11.4 Å². The summed E-state index contributed by atoms with van der Waals surface area (Å²) < 4.78 is 6.84. The van der Waals surface area contributed by atoms with Crippen molar-refractivity contribution in [3.63, 3.8) is 0 Å². The molecule has 1 atom stereocenters. The summed E-state index contributed by atoms with van der Waals surface area (Å²) in [5.41, 5.74) is 2.88. The minimum absolute atomic E-state index is 0.0909. The number of rotatable bonds is 5. The van der Waals surface area contributed by atoms with Gasteiger partial charge in [-0.25, -0.2) is 14.8 Å². The van der Waals surface area contributed by atoms with Crippen LogP contribution in [0, 0.1) is 5.92 Å². The molecule has 0 radical (unpaired) electrons. The standard InChI is InChI=1S/C27H28N4O5/c1-4-27(35)17-10-20-23-15(11-31(20)25(33)16(17)13-36-26(27)34)24-22-18(6-5-7-19(22)29-23)28-21(12-32)30(24)9-8-14(2)3/h5-7,10,14,32,35H,4,8-9,11-13H2,1-3H3/t27-/m0/s1. The van der Waals surface area contributed by atoms with Crippen molar-refractivity contribution in [2.75, 3.05) is 18.1 Å². The van der Waals surface area contributed by atoms with Crippen molar-refractivity contribution >= 4 is 34.1 Å². The third-order valence-electron chi connectivity index (χ3n) is 7.57. The average molecular weight is 489 g/mol. The molecule has 0 saturated carbocycles. The molecule has 3 aromatic rings. The number of hydrogen-bond donors (Lipinski definition) is 2. The monoisotopic (exact) mass is 488 g/mol. The molecule has 1 aromatic carbocycles. The predicted molar refractivity (Wildman–Crippen MR) is 136 cm³/mol. The van der Waals surface area contributed by atoms with E-state index < -0.39 is 11.6 Å². The number of ether oxygens (including phenoxy) is 1. The zero-order chi connectivity index (χ0) is 25.4. The molecular weight excluding hydrogens is 460 g/mol. The number of nitrogens with zero attached hydrogens (tertiary/aromatic N) is 4. The van der Waals surface area contributed by atoms with E-state index in [-0.39, 0.29) is 25.2 Å². The molecule has 0 saturated heterocycles. The van der Waals surface area contributed by atoms with Gasteiger partial charge in [0, 0.05) is 17.7 Å². The number of hydrogen-bond acceptors (Lipinski definition) is 8. The van der Waals surface area contributed by atoms with Crippen molar-refractivity contribution in [2.45, 2.75) is 52.4 Å². The first-order valence-corrected chi connectivity index (χ1v) is 12.4. The Hall–Kier alpha value is -3.56. The maximum Gasteiger partial charge on any atom is 0.343 e. The number of aliphatic hydroxyl groups is 2. The largest absolute Gasteiger partial charge is 0.458 e. The molecule has 3 aliphatic heterocycles. The van der Waals surface area contributed by atoms with E-state index >= 15 is 0 Å². The number of benzene rings is 1. The van der Waals surface area contributed by atoms with E-state index in [0.717, 1.165) is 34.3 Å². The van der Waals surface area contributed by atoms with Gasteiger partial charge in [0.1, 0.15) is 19.0 Å².